The second-order valence-electron chi connectivity index (χ2n) is 6.39. The van der Waals surface area contributed by atoms with E-state index in [0.29, 0.717) is 5.92 Å². The molecule has 2 aromatic rings. The quantitative estimate of drug-likeness (QED) is 0.940. The number of aryl methyl sites for hydroxylation is 1. The summed E-state index contributed by atoms with van der Waals surface area (Å²) < 4.78 is 1.85. The van der Waals surface area contributed by atoms with Gasteiger partial charge >= 0.3 is 0 Å². The van der Waals surface area contributed by atoms with Crippen LogP contribution in [0.5, 0.6) is 0 Å². The third-order valence-electron chi connectivity index (χ3n) is 4.48. The van der Waals surface area contributed by atoms with Crippen molar-refractivity contribution in [2.75, 3.05) is 13.1 Å². The molecule has 23 heavy (non-hydrogen) atoms. The number of rotatable bonds is 4. The van der Waals surface area contributed by atoms with Gasteiger partial charge in [-0.15, -0.1) is 0 Å². The normalized spacial score (nSPS) is 16.0. The maximum absolute atomic E-state index is 12.3. The van der Waals surface area contributed by atoms with Gasteiger partial charge in [-0.2, -0.15) is 0 Å². The van der Waals surface area contributed by atoms with E-state index in [2.05, 4.69) is 36.5 Å². The molecule has 3 heteroatoms. The lowest BCUT2D eigenvalue weighted by molar-refractivity contribution is 0.330. The molecule has 3 nitrogen and oxygen atoms in total. The molecule has 1 aliphatic rings. The average molecular weight is 308 g/mol. The number of aromatic nitrogens is 1. The average Bonchev–Trinajstić information content (AvgIpc) is 2.57. The Hall–Kier alpha value is -2.13. The van der Waals surface area contributed by atoms with Crippen LogP contribution in [0.25, 0.3) is 12.2 Å². The summed E-state index contributed by atoms with van der Waals surface area (Å²) in [5.41, 5.74) is 3.45. The number of nitrogens with one attached hydrogen (secondary N) is 1. The Morgan fingerprint density at radius 1 is 1.09 bits per heavy atom. The fraction of sp³-hybridized carbons (Fsp3) is 0.350. The summed E-state index contributed by atoms with van der Waals surface area (Å²) in [5.74, 6) is 0.614. The van der Waals surface area contributed by atoms with E-state index < -0.39 is 0 Å². The highest BCUT2D eigenvalue weighted by Gasteiger charge is 2.13. The smallest absolute Gasteiger partial charge is 0.251 e. The summed E-state index contributed by atoms with van der Waals surface area (Å²) in [7, 11) is 0. The minimum absolute atomic E-state index is 0.0922. The van der Waals surface area contributed by atoms with Crippen molar-refractivity contribution in [1.29, 1.82) is 0 Å². The van der Waals surface area contributed by atoms with Gasteiger partial charge in [-0.1, -0.05) is 42.0 Å². The molecule has 0 atom stereocenters. The molecule has 1 saturated heterocycles. The maximum atomic E-state index is 12.3. The van der Waals surface area contributed by atoms with Gasteiger partial charge in [-0.25, -0.2) is 0 Å². The molecule has 0 spiro atoms. The lowest BCUT2D eigenvalue weighted by atomic mass is 9.98. The third kappa shape index (κ3) is 4.42. The first-order valence-corrected chi connectivity index (χ1v) is 8.37. The van der Waals surface area contributed by atoms with Crippen LogP contribution in [0.3, 0.4) is 0 Å². The Labute approximate surface area is 137 Å². The van der Waals surface area contributed by atoms with Crippen LogP contribution in [-0.4, -0.2) is 17.7 Å². The van der Waals surface area contributed by atoms with Crippen LogP contribution in [0.1, 0.15) is 29.5 Å². The number of pyridine rings is 1. The molecule has 2 heterocycles. The number of hydrogen-bond donors (Lipinski definition) is 1. The molecule has 0 bridgehead atoms. The first kappa shape index (κ1) is 15.8. The maximum Gasteiger partial charge on any atom is 0.251 e. The Balaban J connectivity index is 1.68. The SMILES string of the molecule is Cc1ccc(/C=C/c2ccn(CC3CCNCC3)c(=O)c2)cc1. The predicted octanol–water partition coefficient (Wildman–Crippen LogP) is 3.33. The molecular formula is C20H24N2O. The van der Waals surface area contributed by atoms with Crippen LogP contribution < -0.4 is 10.9 Å². The first-order valence-electron chi connectivity index (χ1n) is 8.37. The van der Waals surface area contributed by atoms with Crippen LogP contribution in [0.4, 0.5) is 0 Å². The monoisotopic (exact) mass is 308 g/mol. The van der Waals surface area contributed by atoms with Crippen molar-refractivity contribution in [2.45, 2.75) is 26.3 Å². The van der Waals surface area contributed by atoms with E-state index in [0.717, 1.165) is 43.6 Å². The Kier molecular flexibility index (Phi) is 5.09. The summed E-state index contributed by atoms with van der Waals surface area (Å²) in [5, 5.41) is 3.36. The zero-order valence-corrected chi connectivity index (χ0v) is 13.7. The summed E-state index contributed by atoms with van der Waals surface area (Å²) in [6.07, 6.45) is 8.29. The fourth-order valence-corrected chi connectivity index (χ4v) is 2.99. The van der Waals surface area contributed by atoms with Gasteiger partial charge < -0.3 is 9.88 Å². The Bertz CT molecular complexity index is 722. The molecule has 1 fully saturated rings. The minimum Gasteiger partial charge on any atom is -0.317 e. The van der Waals surface area contributed by atoms with E-state index in [1.165, 1.54) is 5.56 Å². The predicted molar refractivity (Wildman–Crippen MR) is 96.4 cm³/mol. The van der Waals surface area contributed by atoms with Crippen LogP contribution in [0, 0.1) is 12.8 Å². The van der Waals surface area contributed by atoms with Crippen molar-refractivity contribution in [1.82, 2.24) is 9.88 Å². The van der Waals surface area contributed by atoms with Crippen molar-refractivity contribution < 1.29 is 0 Å². The lowest BCUT2D eigenvalue weighted by Gasteiger charge is -2.23. The molecule has 0 radical (unpaired) electrons. The standard InChI is InChI=1S/C20H24N2O/c1-16-2-4-17(5-3-16)6-7-18-10-13-22(20(23)14-18)15-19-8-11-21-12-9-19/h2-7,10,13-14,19,21H,8-9,11-12,15H2,1H3/b7-6+. The van der Waals surface area contributed by atoms with Crippen molar-refractivity contribution in [3.8, 4) is 0 Å². The molecule has 120 valence electrons. The summed E-state index contributed by atoms with van der Waals surface area (Å²) >= 11 is 0. The second-order valence-corrected chi connectivity index (χ2v) is 6.39. The third-order valence-corrected chi connectivity index (χ3v) is 4.48. The highest BCUT2D eigenvalue weighted by Crippen LogP contribution is 2.14. The van der Waals surface area contributed by atoms with E-state index in [9.17, 15) is 4.79 Å². The largest absolute Gasteiger partial charge is 0.317 e. The molecule has 1 N–H and O–H groups in total. The van der Waals surface area contributed by atoms with Crippen molar-refractivity contribution in [3.63, 3.8) is 0 Å². The van der Waals surface area contributed by atoms with Gasteiger partial charge in [-0.05, 0) is 56.0 Å². The highest BCUT2D eigenvalue weighted by atomic mass is 16.1. The zero-order valence-electron chi connectivity index (χ0n) is 13.7. The number of benzene rings is 1. The minimum atomic E-state index is 0.0922. The van der Waals surface area contributed by atoms with Gasteiger partial charge in [0.15, 0.2) is 0 Å². The second kappa shape index (κ2) is 7.42. The van der Waals surface area contributed by atoms with Gasteiger partial charge in [0.1, 0.15) is 0 Å². The Morgan fingerprint density at radius 3 is 2.48 bits per heavy atom. The molecule has 1 aliphatic heterocycles. The van der Waals surface area contributed by atoms with Gasteiger partial charge in [0, 0.05) is 18.8 Å². The topological polar surface area (TPSA) is 34.0 Å². The highest BCUT2D eigenvalue weighted by molar-refractivity contribution is 5.69. The van der Waals surface area contributed by atoms with E-state index in [1.807, 2.05) is 29.0 Å². The van der Waals surface area contributed by atoms with Crippen molar-refractivity contribution in [3.05, 3.63) is 69.6 Å². The van der Waals surface area contributed by atoms with E-state index in [-0.39, 0.29) is 5.56 Å². The molecule has 1 aromatic carbocycles. The van der Waals surface area contributed by atoms with E-state index in [4.69, 9.17) is 0 Å². The summed E-state index contributed by atoms with van der Waals surface area (Å²) in [6.45, 7) is 5.05. The van der Waals surface area contributed by atoms with Crippen molar-refractivity contribution >= 4 is 12.2 Å². The van der Waals surface area contributed by atoms with Crippen LogP contribution in [0.2, 0.25) is 0 Å². The molecule has 1 aromatic heterocycles. The lowest BCUT2D eigenvalue weighted by Crippen LogP contribution is -2.32. The van der Waals surface area contributed by atoms with Crippen LogP contribution >= 0.6 is 0 Å². The first-order chi connectivity index (χ1) is 11.2. The van der Waals surface area contributed by atoms with E-state index >= 15 is 0 Å². The molecule has 0 amide bonds. The number of nitrogens with zero attached hydrogens (tertiary/aromatic N) is 1. The molecule has 0 aliphatic carbocycles. The Morgan fingerprint density at radius 2 is 1.78 bits per heavy atom. The summed E-state index contributed by atoms with van der Waals surface area (Å²) in [4.78, 5) is 12.3. The van der Waals surface area contributed by atoms with Gasteiger partial charge in [0.25, 0.3) is 5.56 Å². The fourth-order valence-electron chi connectivity index (χ4n) is 2.99. The molecule has 0 saturated carbocycles. The number of hydrogen-bond acceptors (Lipinski definition) is 2. The molecular weight excluding hydrogens is 284 g/mol. The van der Waals surface area contributed by atoms with Gasteiger partial charge in [-0.3, -0.25) is 4.79 Å². The van der Waals surface area contributed by atoms with Gasteiger partial charge in [0.2, 0.25) is 0 Å². The molecule has 3 rings (SSSR count). The van der Waals surface area contributed by atoms with Gasteiger partial charge in [0.05, 0.1) is 0 Å². The number of piperidine rings is 1. The molecule has 0 unspecified atom stereocenters. The summed E-state index contributed by atoms with van der Waals surface area (Å²) in [6, 6.07) is 12.1. The van der Waals surface area contributed by atoms with Crippen LogP contribution in [0.15, 0.2) is 47.4 Å². The zero-order chi connectivity index (χ0) is 16.1. The van der Waals surface area contributed by atoms with E-state index in [1.54, 1.807) is 6.07 Å². The van der Waals surface area contributed by atoms with Crippen LogP contribution in [-0.2, 0) is 6.54 Å². The van der Waals surface area contributed by atoms with Crippen molar-refractivity contribution in [2.24, 2.45) is 5.92 Å².